The number of hydrogen-bond donors (Lipinski definition) is 1. The van der Waals surface area contributed by atoms with E-state index in [-0.39, 0.29) is 0 Å². The molecule has 0 unspecified atom stereocenters. The number of carbonyl (C=O) groups excluding carboxylic acids is 1. The van der Waals surface area contributed by atoms with Gasteiger partial charge in [-0.05, 0) is 42.6 Å². The van der Waals surface area contributed by atoms with Crippen LogP contribution in [0.15, 0.2) is 6.07 Å². The molecule has 0 radical (unpaired) electrons. The number of benzene rings is 1. The number of aromatic hydroxyl groups is 1. The van der Waals surface area contributed by atoms with Crippen molar-refractivity contribution in [2.75, 3.05) is 7.11 Å². The molecular formula is C11H11ClF2O3. The molecule has 0 bridgehead atoms. The lowest BCUT2D eigenvalue weighted by Gasteiger charge is -2.17. The highest BCUT2D eigenvalue weighted by atomic mass is 35.5. The molecule has 6 heteroatoms. The predicted molar refractivity (Wildman–Crippen MR) is 58.7 cm³/mol. The summed E-state index contributed by atoms with van der Waals surface area (Å²) in [5.74, 6) is -1.59. The van der Waals surface area contributed by atoms with E-state index in [0.717, 1.165) is 13.2 Å². The molecule has 0 heterocycles. The first-order valence-corrected chi connectivity index (χ1v) is 5.06. The first-order valence-electron chi connectivity index (χ1n) is 4.68. The van der Waals surface area contributed by atoms with Crippen LogP contribution in [-0.4, -0.2) is 18.2 Å². The van der Waals surface area contributed by atoms with Crippen molar-refractivity contribution in [3.8, 4) is 5.75 Å². The number of alkyl halides is 3. The van der Waals surface area contributed by atoms with Gasteiger partial charge in [0.1, 0.15) is 11.3 Å². The summed E-state index contributed by atoms with van der Waals surface area (Å²) in [6, 6.07) is 1.06. The number of halogens is 3. The molecule has 0 saturated heterocycles. The number of methoxy groups -OCH3 is 1. The van der Waals surface area contributed by atoms with Gasteiger partial charge in [0, 0.05) is 0 Å². The van der Waals surface area contributed by atoms with Gasteiger partial charge in [0.15, 0.2) is 0 Å². The summed E-state index contributed by atoms with van der Waals surface area (Å²) in [6.45, 7) is 3.04. The summed E-state index contributed by atoms with van der Waals surface area (Å²) in [5.41, 5.74) is -0.622. The Morgan fingerprint density at radius 1 is 1.47 bits per heavy atom. The quantitative estimate of drug-likeness (QED) is 0.660. The Labute approximate surface area is 102 Å². The van der Waals surface area contributed by atoms with Crippen LogP contribution in [-0.2, 0) is 10.1 Å². The Hall–Kier alpha value is -1.36. The lowest BCUT2D eigenvalue weighted by molar-refractivity contribution is 0.0566. The number of rotatable bonds is 2. The first-order chi connectivity index (χ1) is 7.70. The van der Waals surface area contributed by atoms with Crippen molar-refractivity contribution in [2.45, 2.75) is 19.2 Å². The largest absolute Gasteiger partial charge is 0.507 e. The molecule has 3 nitrogen and oxygen atoms in total. The van der Waals surface area contributed by atoms with Crippen molar-refractivity contribution in [1.29, 1.82) is 0 Å². The fourth-order valence-electron chi connectivity index (χ4n) is 1.43. The number of hydrogen-bond acceptors (Lipinski definition) is 3. The Kier molecular flexibility index (Phi) is 3.62. The molecule has 17 heavy (non-hydrogen) atoms. The number of ether oxygens (including phenoxy) is 1. The standard InChI is InChI=1S/C11H11ClF2O3/c1-5-4-7(11(12,13)14)8(10(16)17-3)9(15)6(5)2/h4,15H,1-3H3. The average Bonchev–Trinajstić information content (AvgIpc) is 2.23. The number of carbonyl (C=O) groups is 1. The van der Waals surface area contributed by atoms with Crippen LogP contribution in [0.4, 0.5) is 8.78 Å². The van der Waals surface area contributed by atoms with Crippen molar-refractivity contribution >= 4 is 17.6 Å². The summed E-state index contributed by atoms with van der Waals surface area (Å²) < 4.78 is 30.7. The van der Waals surface area contributed by atoms with E-state index in [0.29, 0.717) is 11.1 Å². The summed E-state index contributed by atoms with van der Waals surface area (Å²) in [4.78, 5) is 11.4. The zero-order valence-electron chi connectivity index (χ0n) is 9.47. The van der Waals surface area contributed by atoms with Crippen molar-refractivity contribution in [3.05, 3.63) is 28.3 Å². The molecule has 0 saturated carbocycles. The SMILES string of the molecule is COC(=O)c1c(C(F)(F)Cl)cc(C)c(C)c1O. The summed E-state index contributed by atoms with van der Waals surface area (Å²) in [5, 5.41) is 5.98. The second-order valence-corrected chi connectivity index (χ2v) is 4.05. The third kappa shape index (κ3) is 2.49. The topological polar surface area (TPSA) is 46.5 Å². The van der Waals surface area contributed by atoms with Crippen molar-refractivity contribution in [3.63, 3.8) is 0 Å². The van der Waals surface area contributed by atoms with E-state index >= 15 is 0 Å². The fraction of sp³-hybridized carbons (Fsp3) is 0.364. The summed E-state index contributed by atoms with van der Waals surface area (Å²) in [7, 11) is 1.03. The van der Waals surface area contributed by atoms with Crippen molar-refractivity contribution in [1.82, 2.24) is 0 Å². The minimum absolute atomic E-state index is 0.329. The predicted octanol–water partition coefficient (Wildman–Crippen LogP) is 3.08. The monoisotopic (exact) mass is 264 g/mol. The third-order valence-corrected chi connectivity index (χ3v) is 2.71. The van der Waals surface area contributed by atoms with Gasteiger partial charge < -0.3 is 9.84 Å². The highest BCUT2D eigenvalue weighted by Gasteiger charge is 2.36. The highest BCUT2D eigenvalue weighted by molar-refractivity contribution is 6.22. The highest BCUT2D eigenvalue weighted by Crippen LogP contribution is 2.40. The first kappa shape index (κ1) is 13.7. The molecule has 0 aliphatic carbocycles. The number of esters is 1. The van der Waals surface area contributed by atoms with E-state index < -0.39 is 28.2 Å². The molecule has 1 N–H and O–H groups in total. The summed E-state index contributed by atoms with van der Waals surface area (Å²) >= 11 is 4.91. The van der Waals surface area contributed by atoms with Crippen LogP contribution in [0.1, 0.15) is 27.0 Å². The molecular weight excluding hydrogens is 254 g/mol. The van der Waals surface area contributed by atoms with Crippen LogP contribution in [0.25, 0.3) is 0 Å². The molecule has 94 valence electrons. The molecule has 1 rings (SSSR count). The van der Waals surface area contributed by atoms with Crippen LogP contribution in [0, 0.1) is 13.8 Å². The lowest BCUT2D eigenvalue weighted by Crippen LogP contribution is -2.15. The van der Waals surface area contributed by atoms with Gasteiger partial charge in [0.25, 0.3) is 0 Å². The van der Waals surface area contributed by atoms with E-state index in [2.05, 4.69) is 4.74 Å². The van der Waals surface area contributed by atoms with Crippen LogP contribution in [0.3, 0.4) is 0 Å². The van der Waals surface area contributed by atoms with Crippen molar-refractivity contribution < 1.29 is 23.4 Å². The molecule has 1 aromatic carbocycles. The molecule has 0 atom stereocenters. The van der Waals surface area contributed by atoms with Gasteiger partial charge in [-0.2, -0.15) is 8.78 Å². The molecule has 0 aliphatic heterocycles. The van der Waals surface area contributed by atoms with Gasteiger partial charge in [-0.3, -0.25) is 0 Å². The Bertz CT molecular complexity index is 467. The maximum Gasteiger partial charge on any atom is 0.349 e. The molecule has 1 aromatic rings. The second kappa shape index (κ2) is 4.49. The Morgan fingerprint density at radius 3 is 2.41 bits per heavy atom. The molecule has 0 amide bonds. The third-order valence-electron chi connectivity index (χ3n) is 2.51. The fourth-order valence-corrected chi connectivity index (χ4v) is 1.58. The van der Waals surface area contributed by atoms with Crippen LogP contribution >= 0.6 is 11.6 Å². The van der Waals surface area contributed by atoms with Gasteiger partial charge in [0.2, 0.25) is 0 Å². The molecule has 0 aromatic heterocycles. The van der Waals surface area contributed by atoms with Crippen LogP contribution < -0.4 is 0 Å². The average molecular weight is 265 g/mol. The second-order valence-electron chi connectivity index (χ2n) is 3.58. The Morgan fingerprint density at radius 2 is 2.00 bits per heavy atom. The summed E-state index contributed by atoms with van der Waals surface area (Å²) in [6.07, 6.45) is 0. The van der Waals surface area contributed by atoms with Crippen molar-refractivity contribution in [2.24, 2.45) is 0 Å². The lowest BCUT2D eigenvalue weighted by atomic mass is 9.98. The number of phenolic OH excluding ortho intramolecular Hbond substituents is 1. The van der Waals surface area contributed by atoms with Gasteiger partial charge >= 0.3 is 11.4 Å². The van der Waals surface area contributed by atoms with Gasteiger partial charge in [-0.15, -0.1) is 0 Å². The van der Waals surface area contributed by atoms with Gasteiger partial charge in [-0.1, -0.05) is 0 Å². The zero-order chi connectivity index (χ0) is 13.4. The van der Waals surface area contributed by atoms with Crippen LogP contribution in [0.5, 0.6) is 5.75 Å². The van der Waals surface area contributed by atoms with E-state index in [1.165, 1.54) is 13.8 Å². The van der Waals surface area contributed by atoms with Gasteiger partial charge in [-0.25, -0.2) is 4.79 Å². The number of phenols is 1. The molecule has 0 spiro atoms. The van der Waals surface area contributed by atoms with E-state index in [1.54, 1.807) is 0 Å². The maximum absolute atomic E-state index is 13.1. The number of aryl methyl sites for hydroxylation is 1. The zero-order valence-corrected chi connectivity index (χ0v) is 10.2. The van der Waals surface area contributed by atoms with E-state index in [9.17, 15) is 18.7 Å². The van der Waals surface area contributed by atoms with E-state index in [4.69, 9.17) is 11.6 Å². The molecule has 0 aliphatic rings. The smallest absolute Gasteiger partial charge is 0.349 e. The normalized spacial score (nSPS) is 11.4. The minimum Gasteiger partial charge on any atom is -0.507 e. The minimum atomic E-state index is -3.75. The maximum atomic E-state index is 13.1. The van der Waals surface area contributed by atoms with Crippen LogP contribution in [0.2, 0.25) is 0 Å². The Balaban J connectivity index is 3.64. The van der Waals surface area contributed by atoms with E-state index in [1.807, 2.05) is 0 Å². The molecule has 0 fully saturated rings. The van der Waals surface area contributed by atoms with Gasteiger partial charge in [0.05, 0.1) is 12.7 Å².